The molecule has 4 aromatic rings. The maximum Gasteiger partial charge on any atom is 0.324 e. The van der Waals surface area contributed by atoms with Gasteiger partial charge in [-0.15, -0.1) is 0 Å². The summed E-state index contributed by atoms with van der Waals surface area (Å²) in [5, 5.41) is 24.7. The number of phenolic OH excluding ortho intramolecular Hbond substituents is 1. The summed E-state index contributed by atoms with van der Waals surface area (Å²) < 4.78 is 6.30. The monoisotopic (exact) mass is 681 g/mol. The molecule has 2 amide bonds. The van der Waals surface area contributed by atoms with Gasteiger partial charge in [-0.3, -0.25) is 19.3 Å². The fraction of sp³-hybridized carbons (Fsp3) is 0.310. The highest BCUT2D eigenvalue weighted by Crippen LogP contribution is 2.64. The number of aromatic hydroxyl groups is 1. The van der Waals surface area contributed by atoms with Crippen molar-refractivity contribution in [1.82, 2.24) is 4.90 Å². The Morgan fingerprint density at radius 1 is 0.824 bits per heavy atom. The molecule has 4 aromatic carbocycles. The van der Waals surface area contributed by atoms with Crippen LogP contribution in [0.25, 0.3) is 0 Å². The Hall–Kier alpha value is -5.43. The molecule has 5 N–H and O–H groups in total. The van der Waals surface area contributed by atoms with Crippen LogP contribution in [0.2, 0.25) is 0 Å². The minimum Gasteiger partial charge on any atom is -0.508 e. The number of fused-ring (bicyclic) bond motifs is 3. The molecule has 6 atom stereocenters. The van der Waals surface area contributed by atoms with E-state index in [1.807, 2.05) is 65.6 Å². The number of nitrogens with zero attached hydrogens (tertiary/aromatic N) is 1. The number of aliphatic hydroxyl groups is 1. The third kappa shape index (κ3) is 5.38. The average Bonchev–Trinajstić information content (AvgIpc) is 3.51. The first-order valence-electron chi connectivity index (χ1n) is 17.6. The second-order valence-corrected chi connectivity index (χ2v) is 14.2. The number of ether oxygens (including phenoxy) is 1. The first-order chi connectivity index (χ1) is 24.7. The maximum atomic E-state index is 14.8. The highest BCUT2D eigenvalue weighted by Gasteiger charge is 2.73. The summed E-state index contributed by atoms with van der Waals surface area (Å²) in [4.78, 5) is 45.2. The van der Waals surface area contributed by atoms with Gasteiger partial charge < -0.3 is 26.0 Å². The molecule has 3 heterocycles. The van der Waals surface area contributed by atoms with E-state index < -0.39 is 58.9 Å². The quantitative estimate of drug-likeness (QED) is 0.125. The molecule has 258 valence electrons. The number of rotatable bonds is 4. The van der Waals surface area contributed by atoms with Gasteiger partial charge in [0, 0.05) is 11.3 Å². The van der Waals surface area contributed by atoms with Crippen molar-refractivity contribution in [2.75, 3.05) is 5.32 Å². The molecule has 8 rings (SSSR count). The fourth-order valence-electron chi connectivity index (χ4n) is 8.98. The van der Waals surface area contributed by atoms with Gasteiger partial charge in [0.15, 0.2) is 0 Å². The molecule has 9 nitrogen and oxygen atoms in total. The minimum atomic E-state index is -1.70. The van der Waals surface area contributed by atoms with E-state index in [4.69, 9.17) is 10.5 Å². The first-order valence-corrected chi connectivity index (χ1v) is 17.6. The van der Waals surface area contributed by atoms with Crippen LogP contribution in [0.1, 0.15) is 84.5 Å². The van der Waals surface area contributed by atoms with Gasteiger partial charge in [-0.05, 0) is 78.3 Å². The topological polar surface area (TPSA) is 142 Å². The van der Waals surface area contributed by atoms with Crippen LogP contribution >= 0.6 is 0 Å². The van der Waals surface area contributed by atoms with Gasteiger partial charge in [-0.25, -0.2) is 0 Å². The number of benzene rings is 4. The molecule has 9 heteroatoms. The number of nitrogens with one attached hydrogen (secondary N) is 1. The van der Waals surface area contributed by atoms with Crippen LogP contribution in [0, 0.1) is 17.8 Å². The zero-order chi connectivity index (χ0) is 35.3. The molecule has 0 unspecified atom stereocenters. The Morgan fingerprint density at radius 2 is 1.47 bits per heavy atom. The second kappa shape index (κ2) is 12.7. The van der Waals surface area contributed by atoms with E-state index in [2.05, 4.69) is 17.2 Å². The third-order valence-corrected chi connectivity index (χ3v) is 11.2. The zero-order valence-electron chi connectivity index (χ0n) is 28.0. The van der Waals surface area contributed by atoms with Crippen LogP contribution in [0.5, 0.6) is 5.75 Å². The summed E-state index contributed by atoms with van der Waals surface area (Å²) in [6.07, 6.45) is 4.29. The molecule has 51 heavy (non-hydrogen) atoms. The number of esters is 1. The van der Waals surface area contributed by atoms with Crippen LogP contribution in [-0.4, -0.2) is 44.5 Å². The molecule has 1 spiro atoms. The Balaban J connectivity index is 1.37. The number of amides is 2. The molecule has 0 aromatic heterocycles. The van der Waals surface area contributed by atoms with Crippen LogP contribution in [0.15, 0.2) is 103 Å². The number of hydrogen-bond acceptors (Lipinski definition) is 7. The second-order valence-electron chi connectivity index (χ2n) is 14.2. The van der Waals surface area contributed by atoms with Gasteiger partial charge in [0.1, 0.15) is 28.9 Å². The van der Waals surface area contributed by atoms with Crippen LogP contribution in [-0.2, 0) is 24.5 Å². The third-order valence-electron chi connectivity index (χ3n) is 11.2. The summed E-state index contributed by atoms with van der Waals surface area (Å²) in [5.41, 5.74) is 7.21. The van der Waals surface area contributed by atoms with E-state index in [1.165, 1.54) is 12.1 Å². The average molecular weight is 682 g/mol. The van der Waals surface area contributed by atoms with Crippen molar-refractivity contribution in [1.29, 1.82) is 0 Å². The number of cyclic esters (lactones) is 1. The molecule has 3 aliphatic heterocycles. The Morgan fingerprint density at radius 3 is 2.12 bits per heavy atom. The van der Waals surface area contributed by atoms with Gasteiger partial charge in [-0.2, -0.15) is 0 Å². The van der Waals surface area contributed by atoms with Gasteiger partial charge >= 0.3 is 5.97 Å². The summed E-state index contributed by atoms with van der Waals surface area (Å²) in [6.45, 7) is 0. The summed E-state index contributed by atoms with van der Waals surface area (Å²) in [6, 6.07) is 28.1. The summed E-state index contributed by atoms with van der Waals surface area (Å²) in [7, 11) is 0. The number of carbonyl (C=O) groups excluding carboxylic acids is 3. The van der Waals surface area contributed by atoms with Crippen molar-refractivity contribution in [2.24, 2.45) is 11.7 Å². The highest BCUT2D eigenvalue weighted by atomic mass is 16.6. The number of primary amides is 1. The molecule has 3 fully saturated rings. The Kier molecular flexibility index (Phi) is 8.17. The normalized spacial score (nSPS) is 28.1. The number of morpholine rings is 1. The molecule has 0 bridgehead atoms. The standard InChI is InChI=1S/C42H39N3O6/c43-38(47)33-35-39(48)51-36(28-13-7-4-8-14-28)34(27-11-5-3-6-12-27)45(35)37(29-16-18-30(46)19-17-29)42(33)31-25-26(15-20-32(31)44-40(42)49)21-24-41(50)22-9-1-2-10-23-41/h3-8,11-20,25,33-37,46,50H,1-2,9-10,22-23H2,(H2,43,47)(H,44,49)/t33-,34-,35-,36+,37+,42-/m1/s1. The fourth-order valence-corrected chi connectivity index (χ4v) is 8.98. The molecule has 2 saturated heterocycles. The Bertz CT molecular complexity index is 2050. The lowest BCUT2D eigenvalue weighted by atomic mass is 9.65. The number of hydrogen-bond donors (Lipinski definition) is 4. The number of anilines is 1. The summed E-state index contributed by atoms with van der Waals surface area (Å²) >= 11 is 0. The van der Waals surface area contributed by atoms with E-state index >= 15 is 0 Å². The number of carbonyl (C=O) groups is 3. The minimum absolute atomic E-state index is 0.0268. The van der Waals surface area contributed by atoms with Gasteiger partial charge in [0.2, 0.25) is 11.8 Å². The van der Waals surface area contributed by atoms with Crippen molar-refractivity contribution in [3.05, 3.63) is 131 Å². The molecule has 1 aliphatic carbocycles. The highest BCUT2D eigenvalue weighted by molar-refractivity contribution is 6.12. The van der Waals surface area contributed by atoms with Gasteiger partial charge in [0.25, 0.3) is 0 Å². The molecular formula is C42H39N3O6. The predicted molar refractivity (Wildman–Crippen MR) is 190 cm³/mol. The molecular weight excluding hydrogens is 642 g/mol. The lowest BCUT2D eigenvalue weighted by molar-refractivity contribution is -0.178. The Labute approximate surface area is 296 Å². The van der Waals surface area contributed by atoms with Crippen molar-refractivity contribution in [2.45, 2.75) is 73.8 Å². The lowest BCUT2D eigenvalue weighted by Gasteiger charge is -2.46. The number of phenols is 1. The predicted octanol–water partition coefficient (Wildman–Crippen LogP) is 5.59. The van der Waals surface area contributed by atoms with E-state index in [0.717, 1.165) is 36.8 Å². The van der Waals surface area contributed by atoms with E-state index in [1.54, 1.807) is 30.3 Å². The van der Waals surface area contributed by atoms with Crippen molar-refractivity contribution in [3.63, 3.8) is 0 Å². The summed E-state index contributed by atoms with van der Waals surface area (Å²) in [5.74, 6) is 3.03. The van der Waals surface area contributed by atoms with Gasteiger partial charge in [0.05, 0.1) is 18.0 Å². The van der Waals surface area contributed by atoms with Crippen LogP contribution in [0.4, 0.5) is 5.69 Å². The molecule has 4 aliphatic rings. The van der Waals surface area contributed by atoms with Crippen molar-refractivity contribution < 1.29 is 29.3 Å². The van der Waals surface area contributed by atoms with Crippen molar-refractivity contribution >= 4 is 23.5 Å². The van der Waals surface area contributed by atoms with E-state index in [9.17, 15) is 24.6 Å². The van der Waals surface area contributed by atoms with Crippen molar-refractivity contribution in [3.8, 4) is 17.6 Å². The first kappa shape index (κ1) is 32.8. The lowest BCUT2D eigenvalue weighted by Crippen LogP contribution is -2.53. The zero-order valence-corrected chi connectivity index (χ0v) is 28.0. The maximum absolute atomic E-state index is 14.8. The largest absolute Gasteiger partial charge is 0.508 e. The van der Waals surface area contributed by atoms with Crippen LogP contribution < -0.4 is 11.1 Å². The number of nitrogens with two attached hydrogens (primary N) is 1. The smallest absolute Gasteiger partial charge is 0.324 e. The SMILES string of the molecule is NC(=O)[C@H]1[C@@H]2C(=O)O[C@@H](c3ccccc3)[C@@H](c3ccccc3)N2[C@@H](c2ccc(O)cc2)[C@]12C(=O)Nc1ccc(C#CC3(O)CCCCCC3)cc12. The van der Waals surface area contributed by atoms with E-state index in [-0.39, 0.29) is 5.75 Å². The molecule has 0 radical (unpaired) electrons. The van der Waals surface area contributed by atoms with Crippen LogP contribution in [0.3, 0.4) is 0 Å². The van der Waals surface area contributed by atoms with Gasteiger partial charge in [-0.1, -0.05) is 97.5 Å². The molecule has 1 saturated carbocycles. The van der Waals surface area contributed by atoms with E-state index in [0.29, 0.717) is 35.2 Å².